The fourth-order valence-electron chi connectivity index (χ4n) is 1.91. The maximum atomic E-state index is 11.4. The van der Waals surface area contributed by atoms with Crippen LogP contribution in [-0.4, -0.2) is 35.4 Å². The van der Waals surface area contributed by atoms with E-state index in [-0.39, 0.29) is 23.4 Å². The highest BCUT2D eigenvalue weighted by Crippen LogP contribution is 2.11. The van der Waals surface area contributed by atoms with Crippen molar-refractivity contribution >= 4 is 11.9 Å². The molecule has 6 nitrogen and oxygen atoms in total. The van der Waals surface area contributed by atoms with Crippen molar-refractivity contribution in [2.75, 3.05) is 13.2 Å². The molecule has 0 saturated carbocycles. The summed E-state index contributed by atoms with van der Waals surface area (Å²) in [4.78, 5) is 22.7. The lowest BCUT2D eigenvalue weighted by Crippen LogP contribution is -2.09. The Morgan fingerprint density at radius 3 is 1.64 bits per heavy atom. The molecular formula is C22H28O6. The minimum atomic E-state index is -0.348. The summed E-state index contributed by atoms with van der Waals surface area (Å²) in [5.74, 6) is -0.0614. The van der Waals surface area contributed by atoms with Crippen molar-refractivity contribution < 1.29 is 29.3 Å². The van der Waals surface area contributed by atoms with E-state index in [1.807, 2.05) is 20.8 Å². The highest BCUT2D eigenvalue weighted by molar-refractivity contribution is 5.89. The second-order valence-corrected chi connectivity index (χ2v) is 6.58. The number of esters is 2. The predicted molar refractivity (Wildman–Crippen MR) is 107 cm³/mol. The summed E-state index contributed by atoms with van der Waals surface area (Å²) in [5, 5.41) is 18.0. The van der Waals surface area contributed by atoms with Crippen LogP contribution in [0.1, 0.15) is 54.3 Å². The molecule has 2 aromatic rings. The molecule has 0 heterocycles. The van der Waals surface area contributed by atoms with Crippen LogP contribution in [0.3, 0.4) is 0 Å². The second-order valence-electron chi connectivity index (χ2n) is 6.58. The zero-order valence-electron chi connectivity index (χ0n) is 16.6. The highest BCUT2D eigenvalue weighted by atomic mass is 16.5. The first-order valence-corrected chi connectivity index (χ1v) is 9.25. The molecule has 0 bridgehead atoms. The van der Waals surface area contributed by atoms with Gasteiger partial charge in [0.2, 0.25) is 0 Å². The van der Waals surface area contributed by atoms with Gasteiger partial charge >= 0.3 is 11.9 Å². The van der Waals surface area contributed by atoms with Gasteiger partial charge in [-0.1, -0.05) is 27.2 Å². The molecule has 0 aromatic heterocycles. The fraction of sp³-hybridized carbons (Fsp3) is 0.364. The van der Waals surface area contributed by atoms with Gasteiger partial charge in [-0.25, -0.2) is 9.59 Å². The van der Waals surface area contributed by atoms with Gasteiger partial charge in [-0.05, 0) is 60.9 Å². The molecule has 6 heteroatoms. The Labute approximate surface area is 165 Å². The van der Waals surface area contributed by atoms with Gasteiger partial charge in [0.25, 0.3) is 0 Å². The number of aromatic hydroxyl groups is 2. The van der Waals surface area contributed by atoms with Crippen molar-refractivity contribution in [3.05, 3.63) is 59.7 Å². The first-order chi connectivity index (χ1) is 13.3. The summed E-state index contributed by atoms with van der Waals surface area (Å²) in [5.41, 5.74) is 0.933. The molecule has 0 spiro atoms. The van der Waals surface area contributed by atoms with Crippen molar-refractivity contribution in [2.24, 2.45) is 5.92 Å². The summed E-state index contributed by atoms with van der Waals surface area (Å²) in [6.07, 6.45) is 1.88. The van der Waals surface area contributed by atoms with Crippen LogP contribution in [0.4, 0.5) is 0 Å². The van der Waals surface area contributed by atoms with E-state index in [1.54, 1.807) is 12.1 Å². The standard InChI is InChI=1S/2C11H14O3/c1-8(2)7-14-11(13)9-3-5-10(12)6-4-9;1-2-3-8-14-11(13)9-4-6-10(12)7-5-9/h3-6,8,12H,7H2,1-2H3;4-7,12H,2-3,8H2,1H3. The van der Waals surface area contributed by atoms with Crippen LogP contribution in [0.15, 0.2) is 48.5 Å². The van der Waals surface area contributed by atoms with Crippen LogP contribution < -0.4 is 0 Å². The molecule has 0 aliphatic rings. The Bertz CT molecular complexity index is 720. The summed E-state index contributed by atoms with van der Waals surface area (Å²) in [7, 11) is 0. The summed E-state index contributed by atoms with van der Waals surface area (Å²) in [6.45, 7) is 6.86. The Kier molecular flexibility index (Phi) is 10.2. The molecular weight excluding hydrogens is 360 g/mol. The van der Waals surface area contributed by atoms with E-state index in [1.165, 1.54) is 36.4 Å². The number of phenolic OH excluding ortho intramolecular Hbond substituents is 2. The fourth-order valence-corrected chi connectivity index (χ4v) is 1.91. The van der Waals surface area contributed by atoms with E-state index in [9.17, 15) is 9.59 Å². The monoisotopic (exact) mass is 388 g/mol. The first-order valence-electron chi connectivity index (χ1n) is 9.25. The molecule has 0 unspecified atom stereocenters. The maximum absolute atomic E-state index is 11.4. The van der Waals surface area contributed by atoms with Crippen molar-refractivity contribution in [1.29, 1.82) is 0 Å². The topological polar surface area (TPSA) is 93.1 Å². The lowest BCUT2D eigenvalue weighted by Gasteiger charge is -2.06. The molecule has 0 fully saturated rings. The Morgan fingerprint density at radius 1 is 0.821 bits per heavy atom. The highest BCUT2D eigenvalue weighted by Gasteiger charge is 2.07. The number of carbonyl (C=O) groups excluding carboxylic acids is 2. The smallest absolute Gasteiger partial charge is 0.338 e. The van der Waals surface area contributed by atoms with Gasteiger partial charge in [-0.15, -0.1) is 0 Å². The maximum Gasteiger partial charge on any atom is 0.338 e. The molecule has 2 N–H and O–H groups in total. The average molecular weight is 388 g/mol. The lowest BCUT2D eigenvalue weighted by molar-refractivity contribution is 0.0457. The molecule has 0 aliphatic heterocycles. The quantitative estimate of drug-likeness (QED) is 0.534. The SMILES string of the molecule is CC(C)COC(=O)c1ccc(O)cc1.CCCCOC(=O)c1ccc(O)cc1. The van der Waals surface area contributed by atoms with Gasteiger partial charge in [-0.3, -0.25) is 0 Å². The second kappa shape index (κ2) is 12.4. The Morgan fingerprint density at radius 2 is 1.25 bits per heavy atom. The number of unbranched alkanes of at least 4 members (excludes halogenated alkanes) is 1. The van der Waals surface area contributed by atoms with Crippen molar-refractivity contribution in [3.63, 3.8) is 0 Å². The molecule has 0 aliphatic carbocycles. The van der Waals surface area contributed by atoms with Gasteiger partial charge in [0.1, 0.15) is 11.5 Å². The predicted octanol–water partition coefficient (Wildman–Crippen LogP) is 4.55. The van der Waals surface area contributed by atoms with Crippen LogP contribution in [0, 0.1) is 5.92 Å². The molecule has 2 aromatic carbocycles. The lowest BCUT2D eigenvalue weighted by atomic mass is 10.2. The zero-order chi connectivity index (χ0) is 20.9. The van der Waals surface area contributed by atoms with Gasteiger partial charge in [0.15, 0.2) is 0 Å². The first kappa shape index (κ1) is 23.0. The minimum absolute atomic E-state index is 0.144. The van der Waals surface area contributed by atoms with Crippen molar-refractivity contribution in [1.82, 2.24) is 0 Å². The largest absolute Gasteiger partial charge is 0.508 e. The van der Waals surface area contributed by atoms with E-state index in [2.05, 4.69) is 0 Å². The third kappa shape index (κ3) is 9.07. The van der Waals surface area contributed by atoms with Crippen molar-refractivity contribution in [3.8, 4) is 11.5 Å². The third-order valence-electron chi connectivity index (χ3n) is 3.48. The van der Waals surface area contributed by atoms with Gasteiger partial charge in [-0.2, -0.15) is 0 Å². The van der Waals surface area contributed by atoms with E-state index in [4.69, 9.17) is 19.7 Å². The summed E-state index contributed by atoms with van der Waals surface area (Å²) >= 11 is 0. The Balaban J connectivity index is 0.000000280. The summed E-state index contributed by atoms with van der Waals surface area (Å²) in [6, 6.07) is 12.0. The molecule has 152 valence electrons. The Hall–Kier alpha value is -3.02. The normalized spacial score (nSPS) is 10.0. The molecule has 0 amide bonds. The van der Waals surface area contributed by atoms with E-state index in [0.29, 0.717) is 30.3 Å². The number of rotatable bonds is 7. The number of benzene rings is 2. The van der Waals surface area contributed by atoms with Crippen LogP contribution in [0.5, 0.6) is 11.5 Å². The van der Waals surface area contributed by atoms with E-state index >= 15 is 0 Å². The number of ether oxygens (including phenoxy) is 2. The zero-order valence-corrected chi connectivity index (χ0v) is 16.6. The molecule has 0 radical (unpaired) electrons. The number of carbonyl (C=O) groups is 2. The molecule has 0 saturated heterocycles. The van der Waals surface area contributed by atoms with Crippen LogP contribution in [-0.2, 0) is 9.47 Å². The number of hydrogen-bond donors (Lipinski definition) is 2. The minimum Gasteiger partial charge on any atom is -0.508 e. The number of phenols is 2. The van der Waals surface area contributed by atoms with Crippen LogP contribution in [0.25, 0.3) is 0 Å². The van der Waals surface area contributed by atoms with Gasteiger partial charge in [0, 0.05) is 0 Å². The molecule has 2 rings (SSSR count). The summed E-state index contributed by atoms with van der Waals surface area (Å²) < 4.78 is 10.00. The van der Waals surface area contributed by atoms with Crippen molar-refractivity contribution in [2.45, 2.75) is 33.6 Å². The van der Waals surface area contributed by atoms with Crippen LogP contribution in [0.2, 0.25) is 0 Å². The van der Waals surface area contributed by atoms with Gasteiger partial charge < -0.3 is 19.7 Å². The average Bonchev–Trinajstić information content (AvgIpc) is 2.68. The van der Waals surface area contributed by atoms with E-state index in [0.717, 1.165) is 12.8 Å². The third-order valence-corrected chi connectivity index (χ3v) is 3.48. The van der Waals surface area contributed by atoms with E-state index < -0.39 is 0 Å². The van der Waals surface area contributed by atoms with Crippen LogP contribution >= 0.6 is 0 Å². The molecule has 28 heavy (non-hydrogen) atoms. The number of hydrogen-bond acceptors (Lipinski definition) is 6. The molecule has 0 atom stereocenters. The van der Waals surface area contributed by atoms with Gasteiger partial charge in [0.05, 0.1) is 24.3 Å².